The smallest absolute Gasteiger partial charge is 0.294 e. The van der Waals surface area contributed by atoms with Gasteiger partial charge in [-0.25, -0.2) is 8.42 Å². The summed E-state index contributed by atoms with van der Waals surface area (Å²) < 4.78 is 31.7. The van der Waals surface area contributed by atoms with Gasteiger partial charge >= 0.3 is 0 Å². The maximum Gasteiger partial charge on any atom is 0.294 e. The van der Waals surface area contributed by atoms with E-state index < -0.39 is 14.9 Å². The highest BCUT2D eigenvalue weighted by Gasteiger charge is 2.29. The van der Waals surface area contributed by atoms with Crippen LogP contribution in [-0.4, -0.2) is 37.8 Å². The molecule has 0 aliphatic carbocycles. The van der Waals surface area contributed by atoms with Gasteiger partial charge < -0.3 is 10.1 Å². The predicted octanol–water partition coefficient (Wildman–Crippen LogP) is 3.13. The Bertz CT molecular complexity index is 906. The van der Waals surface area contributed by atoms with Crippen LogP contribution in [0.3, 0.4) is 0 Å². The number of anilines is 2. The molecule has 1 fully saturated rings. The molecule has 0 spiro atoms. The van der Waals surface area contributed by atoms with E-state index in [1.54, 1.807) is 31.4 Å². The topological polar surface area (TPSA) is 102 Å². The van der Waals surface area contributed by atoms with Gasteiger partial charge in [-0.1, -0.05) is 0 Å². The highest BCUT2D eigenvalue weighted by Crippen LogP contribution is 2.32. The molecule has 26 heavy (non-hydrogen) atoms. The average Bonchev–Trinajstić information content (AvgIpc) is 3.18. The third kappa shape index (κ3) is 3.63. The molecule has 0 saturated carbocycles. The molecule has 3 rings (SSSR count). The Labute approximate surface area is 151 Å². The predicted molar refractivity (Wildman–Crippen MR) is 97.4 cm³/mol. The van der Waals surface area contributed by atoms with Gasteiger partial charge in [0.25, 0.3) is 5.69 Å². The molecular formula is C17H19N3O5S. The van der Waals surface area contributed by atoms with Crippen molar-refractivity contribution >= 4 is 27.1 Å². The van der Waals surface area contributed by atoms with E-state index in [1.165, 1.54) is 16.4 Å². The van der Waals surface area contributed by atoms with E-state index in [-0.39, 0.29) is 16.3 Å². The van der Waals surface area contributed by atoms with Crippen molar-refractivity contribution in [2.45, 2.75) is 17.7 Å². The third-order valence-electron chi connectivity index (χ3n) is 4.24. The molecule has 0 aromatic heterocycles. The van der Waals surface area contributed by atoms with Crippen LogP contribution >= 0.6 is 0 Å². The zero-order valence-corrected chi connectivity index (χ0v) is 15.0. The molecule has 2 aromatic carbocycles. The second kappa shape index (κ2) is 7.30. The number of methoxy groups -OCH3 is 1. The Morgan fingerprint density at radius 2 is 1.77 bits per heavy atom. The number of sulfonamides is 1. The molecule has 0 atom stereocenters. The first-order chi connectivity index (χ1) is 12.4. The van der Waals surface area contributed by atoms with Crippen molar-refractivity contribution in [2.24, 2.45) is 0 Å². The highest BCUT2D eigenvalue weighted by molar-refractivity contribution is 7.89. The minimum Gasteiger partial charge on any atom is -0.497 e. The minimum absolute atomic E-state index is 0.0635. The van der Waals surface area contributed by atoms with Gasteiger partial charge in [0.1, 0.15) is 11.4 Å². The number of hydrogen-bond donors (Lipinski definition) is 1. The summed E-state index contributed by atoms with van der Waals surface area (Å²) in [5, 5.41) is 14.4. The number of rotatable bonds is 6. The highest BCUT2D eigenvalue weighted by atomic mass is 32.2. The van der Waals surface area contributed by atoms with E-state index in [2.05, 4.69) is 5.32 Å². The minimum atomic E-state index is -3.71. The lowest BCUT2D eigenvalue weighted by atomic mass is 10.2. The molecule has 0 amide bonds. The first-order valence-corrected chi connectivity index (χ1v) is 9.55. The lowest BCUT2D eigenvalue weighted by Gasteiger charge is -2.16. The molecule has 1 saturated heterocycles. The standard InChI is InChI=1S/C17H19N3O5S/c1-25-14-6-4-13(5-7-14)18-16-9-8-15(12-17(16)20(21)22)26(23,24)19-10-2-3-11-19/h4-9,12,18H,2-3,10-11H2,1H3. The van der Waals surface area contributed by atoms with Crippen molar-refractivity contribution in [1.82, 2.24) is 4.31 Å². The quantitative estimate of drug-likeness (QED) is 0.613. The van der Waals surface area contributed by atoms with E-state index >= 15 is 0 Å². The molecule has 8 nitrogen and oxygen atoms in total. The summed E-state index contributed by atoms with van der Waals surface area (Å²) in [6, 6.07) is 10.8. The third-order valence-corrected chi connectivity index (χ3v) is 6.13. The van der Waals surface area contributed by atoms with Crippen molar-refractivity contribution in [1.29, 1.82) is 0 Å². The van der Waals surface area contributed by atoms with Crippen molar-refractivity contribution < 1.29 is 18.1 Å². The Balaban J connectivity index is 1.92. The SMILES string of the molecule is COc1ccc(Nc2ccc(S(=O)(=O)N3CCCC3)cc2[N+](=O)[O-])cc1. The number of benzene rings is 2. The van der Waals surface area contributed by atoms with Crippen LogP contribution in [0.15, 0.2) is 47.4 Å². The van der Waals surface area contributed by atoms with Gasteiger partial charge in [-0.05, 0) is 49.2 Å². The van der Waals surface area contributed by atoms with Crippen molar-refractivity contribution in [2.75, 3.05) is 25.5 Å². The van der Waals surface area contributed by atoms with Crippen LogP contribution in [0.1, 0.15) is 12.8 Å². The van der Waals surface area contributed by atoms with Crippen LogP contribution < -0.4 is 10.1 Å². The molecule has 1 aliphatic rings. The van der Waals surface area contributed by atoms with Gasteiger partial charge in [-0.2, -0.15) is 4.31 Å². The first-order valence-electron chi connectivity index (χ1n) is 8.11. The van der Waals surface area contributed by atoms with Gasteiger partial charge in [-0.3, -0.25) is 10.1 Å². The molecule has 1 aliphatic heterocycles. The molecule has 1 heterocycles. The van der Waals surface area contributed by atoms with Gasteiger partial charge in [-0.15, -0.1) is 0 Å². The number of nitrogens with zero attached hydrogens (tertiary/aromatic N) is 2. The van der Waals surface area contributed by atoms with Gasteiger partial charge in [0.15, 0.2) is 0 Å². The fraction of sp³-hybridized carbons (Fsp3) is 0.294. The van der Waals surface area contributed by atoms with Crippen LogP contribution in [0, 0.1) is 10.1 Å². The van der Waals surface area contributed by atoms with E-state index in [9.17, 15) is 18.5 Å². The van der Waals surface area contributed by atoms with Crippen LogP contribution in [0.2, 0.25) is 0 Å². The van der Waals surface area contributed by atoms with E-state index in [4.69, 9.17) is 4.74 Å². The molecule has 0 unspecified atom stereocenters. The zero-order chi connectivity index (χ0) is 18.7. The average molecular weight is 377 g/mol. The fourth-order valence-corrected chi connectivity index (χ4v) is 4.37. The second-order valence-electron chi connectivity index (χ2n) is 5.90. The number of hydrogen-bond acceptors (Lipinski definition) is 6. The van der Waals surface area contributed by atoms with E-state index in [0.717, 1.165) is 18.9 Å². The van der Waals surface area contributed by atoms with Crippen molar-refractivity contribution in [3.63, 3.8) is 0 Å². The number of ether oxygens (including phenoxy) is 1. The summed E-state index contributed by atoms with van der Waals surface area (Å²) in [4.78, 5) is 10.8. The fourth-order valence-electron chi connectivity index (χ4n) is 2.84. The summed E-state index contributed by atoms with van der Waals surface area (Å²) in [5.41, 5.74) is 0.561. The van der Waals surface area contributed by atoms with Gasteiger partial charge in [0, 0.05) is 24.8 Å². The van der Waals surface area contributed by atoms with Crippen LogP contribution in [0.5, 0.6) is 5.75 Å². The zero-order valence-electron chi connectivity index (χ0n) is 14.2. The number of nitro groups is 1. The Morgan fingerprint density at radius 3 is 2.35 bits per heavy atom. The van der Waals surface area contributed by atoms with Crippen LogP contribution in [0.25, 0.3) is 0 Å². The summed E-state index contributed by atoms with van der Waals surface area (Å²) in [7, 11) is -2.16. The molecule has 2 aromatic rings. The summed E-state index contributed by atoms with van der Waals surface area (Å²) in [6.07, 6.45) is 1.61. The second-order valence-corrected chi connectivity index (χ2v) is 7.84. The van der Waals surface area contributed by atoms with E-state index in [0.29, 0.717) is 24.5 Å². The first kappa shape index (κ1) is 18.2. The molecule has 138 valence electrons. The van der Waals surface area contributed by atoms with Crippen molar-refractivity contribution in [3.8, 4) is 5.75 Å². The Hall–Kier alpha value is -2.65. The monoisotopic (exact) mass is 377 g/mol. The lowest BCUT2D eigenvalue weighted by Crippen LogP contribution is -2.27. The largest absolute Gasteiger partial charge is 0.497 e. The molecule has 1 N–H and O–H groups in total. The summed E-state index contributed by atoms with van der Waals surface area (Å²) in [5.74, 6) is 0.664. The van der Waals surface area contributed by atoms with Crippen LogP contribution in [-0.2, 0) is 10.0 Å². The molecule has 9 heteroatoms. The Morgan fingerprint density at radius 1 is 1.12 bits per heavy atom. The van der Waals surface area contributed by atoms with Gasteiger partial charge in [0.05, 0.1) is 16.9 Å². The maximum atomic E-state index is 12.6. The van der Waals surface area contributed by atoms with E-state index in [1.807, 2.05) is 0 Å². The van der Waals surface area contributed by atoms with Crippen LogP contribution in [0.4, 0.5) is 17.1 Å². The van der Waals surface area contributed by atoms with Gasteiger partial charge in [0.2, 0.25) is 10.0 Å². The summed E-state index contributed by atoms with van der Waals surface area (Å²) >= 11 is 0. The molecule has 0 radical (unpaired) electrons. The van der Waals surface area contributed by atoms with Crippen molar-refractivity contribution in [3.05, 3.63) is 52.6 Å². The number of nitrogens with one attached hydrogen (secondary N) is 1. The lowest BCUT2D eigenvalue weighted by molar-refractivity contribution is -0.384. The molecular weight excluding hydrogens is 358 g/mol. The number of nitro benzene ring substituents is 1. The molecule has 0 bridgehead atoms. The Kier molecular flexibility index (Phi) is 5.10. The normalized spacial score (nSPS) is 15.0. The summed E-state index contributed by atoms with van der Waals surface area (Å²) in [6.45, 7) is 0.893. The maximum absolute atomic E-state index is 12.6.